The van der Waals surface area contributed by atoms with E-state index in [1.54, 1.807) is 0 Å². The van der Waals surface area contributed by atoms with E-state index >= 15 is 0 Å². The molecule has 0 atom stereocenters. The van der Waals surface area contributed by atoms with Gasteiger partial charge in [0.15, 0.2) is 0 Å². The summed E-state index contributed by atoms with van der Waals surface area (Å²) in [6.07, 6.45) is 2.24. The molecular formula is C14H24N2. The predicted molar refractivity (Wildman–Crippen MR) is 71.4 cm³/mol. The highest BCUT2D eigenvalue weighted by molar-refractivity contribution is 5.34. The lowest BCUT2D eigenvalue weighted by Gasteiger charge is -2.31. The minimum absolute atomic E-state index is 1.06. The number of allylic oxidation sites excluding steroid dienone is 4. The molecule has 0 spiro atoms. The molecule has 90 valence electrons. The topological polar surface area (TPSA) is 15.3 Å². The van der Waals surface area contributed by atoms with Crippen LogP contribution in [0.25, 0.3) is 0 Å². The third-order valence-electron chi connectivity index (χ3n) is 3.18. The largest absolute Gasteiger partial charge is 0.369 e. The standard InChI is InChI=1S/C14H24N2/c1-11(2)12(3)10-13(4)14(5)16-8-6-15-7-9-16/h10,15H,5-9H2,1-4H3/b13-10-. The molecule has 0 radical (unpaired) electrons. The minimum atomic E-state index is 1.06. The molecule has 0 aromatic carbocycles. The Morgan fingerprint density at radius 1 is 1.12 bits per heavy atom. The van der Waals surface area contributed by atoms with E-state index in [0.29, 0.717) is 0 Å². The van der Waals surface area contributed by atoms with Crippen LogP contribution in [0.3, 0.4) is 0 Å². The summed E-state index contributed by atoms with van der Waals surface area (Å²) < 4.78 is 0. The summed E-state index contributed by atoms with van der Waals surface area (Å²) >= 11 is 0. The smallest absolute Gasteiger partial charge is 0.0323 e. The second-order valence-electron chi connectivity index (χ2n) is 4.69. The first-order valence-corrected chi connectivity index (χ1v) is 5.99. The highest BCUT2D eigenvalue weighted by Crippen LogP contribution is 2.16. The Labute approximate surface area is 99.7 Å². The molecule has 0 saturated carbocycles. The zero-order valence-electron chi connectivity index (χ0n) is 11.1. The fourth-order valence-corrected chi connectivity index (χ4v) is 1.74. The van der Waals surface area contributed by atoms with E-state index < -0.39 is 0 Å². The van der Waals surface area contributed by atoms with E-state index in [1.165, 1.54) is 22.4 Å². The lowest BCUT2D eigenvalue weighted by atomic mass is 10.1. The zero-order valence-corrected chi connectivity index (χ0v) is 11.1. The number of hydrogen-bond acceptors (Lipinski definition) is 2. The van der Waals surface area contributed by atoms with Crippen LogP contribution in [0.1, 0.15) is 27.7 Å². The fourth-order valence-electron chi connectivity index (χ4n) is 1.74. The first kappa shape index (κ1) is 13.0. The van der Waals surface area contributed by atoms with Crippen LogP contribution in [-0.2, 0) is 0 Å². The normalized spacial score (nSPS) is 17.2. The van der Waals surface area contributed by atoms with Crippen LogP contribution in [-0.4, -0.2) is 31.1 Å². The Hall–Kier alpha value is -1.02. The third-order valence-corrected chi connectivity index (χ3v) is 3.18. The van der Waals surface area contributed by atoms with Gasteiger partial charge in [-0.25, -0.2) is 0 Å². The molecule has 1 rings (SSSR count). The molecule has 1 heterocycles. The summed E-state index contributed by atoms with van der Waals surface area (Å²) in [4.78, 5) is 2.36. The molecule has 0 aromatic heterocycles. The average molecular weight is 220 g/mol. The summed E-state index contributed by atoms with van der Waals surface area (Å²) in [6, 6.07) is 0. The van der Waals surface area contributed by atoms with Gasteiger partial charge in [0.2, 0.25) is 0 Å². The fraction of sp³-hybridized carbons (Fsp3) is 0.571. The monoisotopic (exact) mass is 220 g/mol. The highest BCUT2D eigenvalue weighted by atomic mass is 15.2. The van der Waals surface area contributed by atoms with E-state index in [1.807, 2.05) is 0 Å². The van der Waals surface area contributed by atoms with Crippen LogP contribution in [0, 0.1) is 0 Å². The molecule has 1 saturated heterocycles. The van der Waals surface area contributed by atoms with Gasteiger partial charge in [0.05, 0.1) is 0 Å². The predicted octanol–water partition coefficient (Wildman–Crippen LogP) is 2.71. The van der Waals surface area contributed by atoms with Crippen LogP contribution in [0.2, 0.25) is 0 Å². The Balaban J connectivity index is 2.69. The van der Waals surface area contributed by atoms with Gasteiger partial charge in [-0.2, -0.15) is 0 Å². The SMILES string of the molecule is C=C(/C(C)=C\C(C)=C(C)C)N1CCNCC1. The second kappa shape index (κ2) is 5.90. The van der Waals surface area contributed by atoms with Gasteiger partial charge in [0, 0.05) is 31.9 Å². The van der Waals surface area contributed by atoms with Crippen molar-refractivity contribution < 1.29 is 0 Å². The number of piperazine rings is 1. The van der Waals surface area contributed by atoms with Gasteiger partial charge < -0.3 is 10.2 Å². The van der Waals surface area contributed by atoms with E-state index in [0.717, 1.165) is 26.2 Å². The molecule has 2 heteroatoms. The van der Waals surface area contributed by atoms with Crippen molar-refractivity contribution in [1.29, 1.82) is 0 Å². The van der Waals surface area contributed by atoms with E-state index in [9.17, 15) is 0 Å². The molecule has 1 fully saturated rings. The van der Waals surface area contributed by atoms with Crippen LogP contribution < -0.4 is 5.32 Å². The van der Waals surface area contributed by atoms with Crippen molar-refractivity contribution in [3.05, 3.63) is 35.1 Å². The summed E-state index contributed by atoms with van der Waals surface area (Å²) in [6.45, 7) is 17.1. The van der Waals surface area contributed by atoms with E-state index in [2.05, 4.69) is 50.6 Å². The van der Waals surface area contributed by atoms with Gasteiger partial charge in [-0.1, -0.05) is 23.8 Å². The Kier molecular flexibility index (Phi) is 4.81. The van der Waals surface area contributed by atoms with Crippen LogP contribution >= 0.6 is 0 Å². The number of rotatable bonds is 3. The molecule has 1 N–H and O–H groups in total. The summed E-state index contributed by atoms with van der Waals surface area (Å²) in [5.74, 6) is 0. The second-order valence-corrected chi connectivity index (χ2v) is 4.69. The summed E-state index contributed by atoms with van der Waals surface area (Å²) in [5.41, 5.74) is 5.16. The molecule has 0 unspecified atom stereocenters. The van der Waals surface area contributed by atoms with Gasteiger partial charge in [-0.05, 0) is 33.3 Å². The van der Waals surface area contributed by atoms with E-state index in [4.69, 9.17) is 0 Å². The molecule has 2 nitrogen and oxygen atoms in total. The van der Waals surface area contributed by atoms with Crippen LogP contribution in [0.5, 0.6) is 0 Å². The first-order chi connectivity index (χ1) is 7.52. The molecule has 16 heavy (non-hydrogen) atoms. The van der Waals surface area contributed by atoms with Crippen molar-refractivity contribution in [3.63, 3.8) is 0 Å². The average Bonchev–Trinajstić information content (AvgIpc) is 2.28. The highest BCUT2D eigenvalue weighted by Gasteiger charge is 2.12. The molecule has 0 amide bonds. The van der Waals surface area contributed by atoms with Crippen molar-refractivity contribution in [2.45, 2.75) is 27.7 Å². The quantitative estimate of drug-likeness (QED) is 0.736. The zero-order chi connectivity index (χ0) is 12.1. The molecular weight excluding hydrogens is 196 g/mol. The van der Waals surface area contributed by atoms with Crippen molar-refractivity contribution >= 4 is 0 Å². The Morgan fingerprint density at radius 3 is 2.19 bits per heavy atom. The molecule has 1 aliphatic heterocycles. The molecule has 1 aliphatic rings. The Bertz CT molecular complexity index is 314. The van der Waals surface area contributed by atoms with Gasteiger partial charge in [0.25, 0.3) is 0 Å². The van der Waals surface area contributed by atoms with Crippen molar-refractivity contribution in [2.75, 3.05) is 26.2 Å². The third kappa shape index (κ3) is 3.53. The maximum Gasteiger partial charge on any atom is 0.0323 e. The first-order valence-electron chi connectivity index (χ1n) is 5.99. The molecule has 0 bridgehead atoms. The lowest BCUT2D eigenvalue weighted by Crippen LogP contribution is -2.42. The van der Waals surface area contributed by atoms with Crippen molar-refractivity contribution in [1.82, 2.24) is 10.2 Å². The van der Waals surface area contributed by atoms with Crippen LogP contribution in [0.15, 0.2) is 35.1 Å². The maximum atomic E-state index is 4.20. The number of hydrogen-bond donors (Lipinski definition) is 1. The van der Waals surface area contributed by atoms with Crippen molar-refractivity contribution in [3.8, 4) is 0 Å². The summed E-state index contributed by atoms with van der Waals surface area (Å²) in [5, 5.41) is 3.36. The summed E-state index contributed by atoms with van der Waals surface area (Å²) in [7, 11) is 0. The molecule has 0 aliphatic carbocycles. The molecule has 0 aromatic rings. The van der Waals surface area contributed by atoms with Gasteiger partial charge in [-0.3, -0.25) is 0 Å². The number of nitrogens with one attached hydrogen (secondary N) is 1. The minimum Gasteiger partial charge on any atom is -0.369 e. The maximum absolute atomic E-state index is 4.20. The van der Waals surface area contributed by atoms with Crippen LogP contribution in [0.4, 0.5) is 0 Å². The Morgan fingerprint density at radius 2 is 1.69 bits per heavy atom. The van der Waals surface area contributed by atoms with Gasteiger partial charge >= 0.3 is 0 Å². The van der Waals surface area contributed by atoms with E-state index in [-0.39, 0.29) is 0 Å². The van der Waals surface area contributed by atoms with Gasteiger partial charge in [0.1, 0.15) is 0 Å². The number of nitrogens with zero attached hydrogens (tertiary/aromatic N) is 1. The van der Waals surface area contributed by atoms with Gasteiger partial charge in [-0.15, -0.1) is 0 Å². The van der Waals surface area contributed by atoms with Crippen molar-refractivity contribution in [2.24, 2.45) is 0 Å². The lowest BCUT2D eigenvalue weighted by molar-refractivity contribution is 0.305.